The average molecular weight is 301 g/mol. The van der Waals surface area contributed by atoms with Gasteiger partial charge in [0.1, 0.15) is 0 Å². The van der Waals surface area contributed by atoms with Crippen LogP contribution in [0.1, 0.15) is 18.6 Å². The fourth-order valence-corrected chi connectivity index (χ4v) is 2.17. The maximum atomic E-state index is 11.3. The van der Waals surface area contributed by atoms with Gasteiger partial charge in [0.2, 0.25) is 5.91 Å². The van der Waals surface area contributed by atoms with Gasteiger partial charge in [-0.1, -0.05) is 6.07 Å². The predicted octanol–water partition coefficient (Wildman–Crippen LogP) is 1.68. The van der Waals surface area contributed by atoms with Crippen LogP contribution in [0.3, 0.4) is 0 Å². The molecule has 94 valence electrons. The Labute approximate surface area is 110 Å². The lowest BCUT2D eigenvalue weighted by Crippen LogP contribution is -2.33. The van der Waals surface area contributed by atoms with Gasteiger partial charge in [-0.3, -0.25) is 4.79 Å². The number of likely N-dealkylation sites (N-methyl/N-ethyl adjacent to an activating group) is 2. The molecule has 1 aromatic carbocycles. The first-order chi connectivity index (χ1) is 7.95. The van der Waals surface area contributed by atoms with Gasteiger partial charge in [0, 0.05) is 18.6 Å². The number of carbonyl (C=O) groups excluding carboxylic acids is 1. The molecule has 1 atom stereocenters. The zero-order chi connectivity index (χ0) is 13.0. The average Bonchev–Trinajstić information content (AvgIpc) is 2.28. The second kappa shape index (κ2) is 6.02. The quantitative estimate of drug-likeness (QED) is 0.890. The number of hydrogen-bond acceptors (Lipinski definition) is 3. The highest BCUT2D eigenvalue weighted by Crippen LogP contribution is 2.28. The number of hydrogen-bond donors (Lipinski definition) is 2. The molecule has 0 radical (unpaired) electrons. The Kier molecular flexibility index (Phi) is 4.96. The zero-order valence-electron chi connectivity index (χ0n) is 10.2. The Bertz CT molecular complexity index is 407. The molecule has 0 heterocycles. The summed E-state index contributed by atoms with van der Waals surface area (Å²) in [4.78, 5) is 13.1. The van der Waals surface area contributed by atoms with Crippen molar-refractivity contribution in [1.29, 1.82) is 0 Å². The maximum absolute atomic E-state index is 11.3. The SMILES string of the molecule is CNC(=O)CN(C)c1ccc(C(C)O)cc1Br. The summed E-state index contributed by atoms with van der Waals surface area (Å²) in [5.41, 5.74) is 1.76. The molecular weight excluding hydrogens is 284 g/mol. The number of anilines is 1. The highest BCUT2D eigenvalue weighted by molar-refractivity contribution is 9.10. The van der Waals surface area contributed by atoms with Crippen LogP contribution in [0.25, 0.3) is 0 Å². The van der Waals surface area contributed by atoms with Crippen LogP contribution >= 0.6 is 15.9 Å². The van der Waals surface area contributed by atoms with Crippen molar-refractivity contribution in [2.75, 3.05) is 25.5 Å². The molecule has 0 aromatic heterocycles. The molecule has 0 aliphatic carbocycles. The highest BCUT2D eigenvalue weighted by atomic mass is 79.9. The standard InChI is InChI=1S/C12H17BrN2O2/c1-8(16)9-4-5-11(10(13)6-9)15(3)7-12(17)14-2/h4-6,8,16H,7H2,1-3H3,(H,14,17). The maximum Gasteiger partial charge on any atom is 0.239 e. The number of halogens is 1. The third kappa shape index (κ3) is 3.71. The molecule has 0 bridgehead atoms. The van der Waals surface area contributed by atoms with Crippen molar-refractivity contribution < 1.29 is 9.90 Å². The summed E-state index contributed by atoms with van der Waals surface area (Å²) < 4.78 is 0.863. The van der Waals surface area contributed by atoms with E-state index in [2.05, 4.69) is 21.2 Å². The number of rotatable bonds is 4. The monoisotopic (exact) mass is 300 g/mol. The fourth-order valence-electron chi connectivity index (χ4n) is 1.47. The van der Waals surface area contributed by atoms with Crippen molar-refractivity contribution >= 4 is 27.5 Å². The first kappa shape index (κ1) is 14.0. The second-order valence-corrected chi connectivity index (χ2v) is 4.77. The van der Waals surface area contributed by atoms with Gasteiger partial charge >= 0.3 is 0 Å². The van der Waals surface area contributed by atoms with E-state index in [-0.39, 0.29) is 5.91 Å². The molecule has 0 fully saturated rings. The smallest absolute Gasteiger partial charge is 0.239 e. The summed E-state index contributed by atoms with van der Waals surface area (Å²) in [5.74, 6) is -0.0426. The molecule has 1 unspecified atom stereocenters. The lowest BCUT2D eigenvalue weighted by molar-refractivity contribution is -0.119. The van der Waals surface area contributed by atoms with E-state index in [9.17, 15) is 9.90 Å². The van der Waals surface area contributed by atoms with E-state index in [1.54, 1.807) is 14.0 Å². The molecular formula is C12H17BrN2O2. The Morgan fingerprint density at radius 2 is 2.24 bits per heavy atom. The lowest BCUT2D eigenvalue weighted by Gasteiger charge is -2.20. The van der Waals surface area contributed by atoms with Crippen molar-refractivity contribution in [3.05, 3.63) is 28.2 Å². The molecule has 1 rings (SSSR count). The molecule has 0 aliphatic heterocycles. The van der Waals surface area contributed by atoms with Gasteiger partial charge in [0.25, 0.3) is 0 Å². The predicted molar refractivity (Wildman–Crippen MR) is 72.1 cm³/mol. The van der Waals surface area contributed by atoms with E-state index in [1.807, 2.05) is 30.1 Å². The van der Waals surface area contributed by atoms with Crippen LogP contribution in [0.5, 0.6) is 0 Å². The van der Waals surface area contributed by atoms with Crippen LogP contribution < -0.4 is 10.2 Å². The number of aliphatic hydroxyl groups excluding tert-OH is 1. The van der Waals surface area contributed by atoms with Crippen LogP contribution in [0.2, 0.25) is 0 Å². The van der Waals surface area contributed by atoms with E-state index in [4.69, 9.17) is 0 Å². The van der Waals surface area contributed by atoms with Crippen molar-refractivity contribution in [3.63, 3.8) is 0 Å². The van der Waals surface area contributed by atoms with E-state index >= 15 is 0 Å². The molecule has 5 heteroatoms. The molecule has 0 spiro atoms. The third-order valence-electron chi connectivity index (χ3n) is 2.53. The zero-order valence-corrected chi connectivity index (χ0v) is 11.8. The molecule has 1 aromatic rings. The number of nitrogens with one attached hydrogen (secondary N) is 1. The van der Waals surface area contributed by atoms with E-state index in [1.165, 1.54) is 0 Å². The van der Waals surface area contributed by atoms with Crippen LogP contribution in [0.15, 0.2) is 22.7 Å². The topological polar surface area (TPSA) is 52.6 Å². The number of aliphatic hydroxyl groups is 1. The van der Waals surface area contributed by atoms with Crippen LogP contribution in [-0.4, -0.2) is 31.7 Å². The number of nitrogens with zero attached hydrogens (tertiary/aromatic N) is 1. The largest absolute Gasteiger partial charge is 0.389 e. The fraction of sp³-hybridized carbons (Fsp3) is 0.417. The Hall–Kier alpha value is -1.07. The third-order valence-corrected chi connectivity index (χ3v) is 3.16. The van der Waals surface area contributed by atoms with Gasteiger partial charge in [0.05, 0.1) is 18.3 Å². The first-order valence-corrected chi connectivity index (χ1v) is 6.14. The summed E-state index contributed by atoms with van der Waals surface area (Å²) >= 11 is 3.44. The van der Waals surface area contributed by atoms with Crippen molar-refractivity contribution in [3.8, 4) is 0 Å². The molecule has 1 amide bonds. The Morgan fingerprint density at radius 3 is 2.71 bits per heavy atom. The van der Waals surface area contributed by atoms with Crippen LogP contribution in [0.4, 0.5) is 5.69 Å². The molecule has 17 heavy (non-hydrogen) atoms. The van der Waals surface area contributed by atoms with Crippen LogP contribution in [-0.2, 0) is 4.79 Å². The number of benzene rings is 1. The van der Waals surface area contributed by atoms with Gasteiger partial charge in [-0.2, -0.15) is 0 Å². The Morgan fingerprint density at radius 1 is 1.59 bits per heavy atom. The summed E-state index contributed by atoms with van der Waals surface area (Å²) in [7, 11) is 3.46. The minimum Gasteiger partial charge on any atom is -0.389 e. The van der Waals surface area contributed by atoms with Gasteiger partial charge < -0.3 is 15.3 Å². The molecule has 0 saturated carbocycles. The van der Waals surface area contributed by atoms with Gasteiger partial charge in [0.15, 0.2) is 0 Å². The Balaban J connectivity index is 2.88. The summed E-state index contributed by atoms with van der Waals surface area (Å²) in [6.45, 7) is 2.01. The summed E-state index contributed by atoms with van der Waals surface area (Å²) in [6, 6.07) is 5.60. The molecule has 2 N–H and O–H groups in total. The number of amides is 1. The van der Waals surface area contributed by atoms with E-state index in [0.717, 1.165) is 15.7 Å². The van der Waals surface area contributed by atoms with Crippen LogP contribution in [0, 0.1) is 0 Å². The lowest BCUT2D eigenvalue weighted by atomic mass is 10.1. The molecule has 0 saturated heterocycles. The van der Waals surface area contributed by atoms with Crippen molar-refractivity contribution in [1.82, 2.24) is 5.32 Å². The van der Waals surface area contributed by atoms with E-state index in [0.29, 0.717) is 6.54 Å². The summed E-state index contributed by atoms with van der Waals surface area (Å²) in [5, 5.41) is 12.0. The van der Waals surface area contributed by atoms with Crippen molar-refractivity contribution in [2.24, 2.45) is 0 Å². The molecule has 4 nitrogen and oxygen atoms in total. The van der Waals surface area contributed by atoms with Gasteiger partial charge in [-0.05, 0) is 40.5 Å². The van der Waals surface area contributed by atoms with E-state index < -0.39 is 6.10 Å². The number of carbonyl (C=O) groups is 1. The second-order valence-electron chi connectivity index (χ2n) is 3.92. The minimum absolute atomic E-state index is 0.0426. The molecule has 0 aliphatic rings. The highest BCUT2D eigenvalue weighted by Gasteiger charge is 2.11. The minimum atomic E-state index is -0.496. The first-order valence-electron chi connectivity index (χ1n) is 5.35. The van der Waals surface area contributed by atoms with Crippen molar-refractivity contribution in [2.45, 2.75) is 13.0 Å². The van der Waals surface area contributed by atoms with Gasteiger partial charge in [-0.15, -0.1) is 0 Å². The summed E-state index contributed by atoms with van der Waals surface area (Å²) in [6.07, 6.45) is -0.496. The normalized spacial score (nSPS) is 12.1. The van der Waals surface area contributed by atoms with Gasteiger partial charge in [-0.25, -0.2) is 0 Å².